The van der Waals surface area contributed by atoms with Gasteiger partial charge in [-0.15, -0.1) is 0 Å². The summed E-state index contributed by atoms with van der Waals surface area (Å²) >= 11 is 6.53. The second kappa shape index (κ2) is 8.91. The largest absolute Gasteiger partial charge is 0.493 e. The van der Waals surface area contributed by atoms with Gasteiger partial charge in [0.25, 0.3) is 11.8 Å². The van der Waals surface area contributed by atoms with Gasteiger partial charge in [0.05, 0.1) is 11.5 Å². The molecule has 3 aromatic carbocycles. The molecule has 0 spiro atoms. The Hall–Kier alpha value is -3.16. The van der Waals surface area contributed by atoms with Crippen molar-refractivity contribution >= 4 is 57.0 Å². The van der Waals surface area contributed by atoms with Crippen LogP contribution in [-0.4, -0.2) is 27.8 Å². The predicted octanol–water partition coefficient (Wildman–Crippen LogP) is 5.09. The molecule has 7 heteroatoms. The number of thioether (sulfide) groups is 1. The number of aryl methyl sites for hydroxylation is 1. The molecule has 0 saturated carbocycles. The second-order valence-corrected chi connectivity index (χ2v) is 8.58. The summed E-state index contributed by atoms with van der Waals surface area (Å²) in [6, 6.07) is 19.0. The van der Waals surface area contributed by atoms with E-state index in [0.717, 1.165) is 38.7 Å². The van der Waals surface area contributed by atoms with Gasteiger partial charge in [0.15, 0.2) is 4.32 Å². The number of hydrazine groups is 1. The lowest BCUT2D eigenvalue weighted by atomic mass is 10.0. The Labute approximate surface area is 190 Å². The number of rotatable bonds is 5. The highest BCUT2D eigenvalue weighted by Gasteiger charge is 2.34. The maximum absolute atomic E-state index is 13.1. The van der Waals surface area contributed by atoms with E-state index in [9.17, 15) is 9.59 Å². The van der Waals surface area contributed by atoms with Crippen molar-refractivity contribution in [1.82, 2.24) is 10.4 Å². The van der Waals surface area contributed by atoms with Crippen LogP contribution in [0.25, 0.3) is 16.8 Å². The highest BCUT2D eigenvalue weighted by molar-refractivity contribution is 8.26. The molecule has 1 N–H and O–H groups in total. The van der Waals surface area contributed by atoms with Crippen LogP contribution in [0.5, 0.6) is 5.75 Å². The van der Waals surface area contributed by atoms with Gasteiger partial charge in [-0.25, -0.2) is 0 Å². The van der Waals surface area contributed by atoms with Crippen LogP contribution in [0.15, 0.2) is 65.6 Å². The number of nitrogens with zero attached hydrogens (tertiary/aromatic N) is 1. The molecule has 0 aromatic heterocycles. The van der Waals surface area contributed by atoms with E-state index in [1.165, 1.54) is 0 Å². The maximum Gasteiger partial charge on any atom is 0.285 e. The van der Waals surface area contributed by atoms with Crippen LogP contribution in [0, 0.1) is 6.92 Å². The van der Waals surface area contributed by atoms with E-state index < -0.39 is 0 Å². The fourth-order valence-corrected chi connectivity index (χ4v) is 4.55. The third-order valence-corrected chi connectivity index (χ3v) is 6.20. The van der Waals surface area contributed by atoms with Gasteiger partial charge in [-0.3, -0.25) is 15.0 Å². The first-order valence-electron chi connectivity index (χ1n) is 9.78. The number of carbonyl (C=O) groups is 2. The maximum atomic E-state index is 13.1. The smallest absolute Gasteiger partial charge is 0.285 e. The third-order valence-electron chi connectivity index (χ3n) is 4.90. The average molecular weight is 449 g/mol. The Morgan fingerprint density at radius 1 is 1.13 bits per heavy atom. The zero-order valence-corrected chi connectivity index (χ0v) is 18.7. The Morgan fingerprint density at radius 2 is 1.87 bits per heavy atom. The Balaban J connectivity index is 1.67. The Morgan fingerprint density at radius 3 is 2.65 bits per heavy atom. The summed E-state index contributed by atoms with van der Waals surface area (Å²) < 4.78 is 6.07. The minimum atomic E-state index is -0.379. The molecule has 0 radical (unpaired) electrons. The summed E-state index contributed by atoms with van der Waals surface area (Å²) in [6.07, 6.45) is 1.78. The molecule has 3 aromatic rings. The van der Waals surface area contributed by atoms with E-state index >= 15 is 0 Å². The number of carbonyl (C=O) groups excluding carboxylic acids is 2. The number of nitrogens with one attached hydrogen (secondary N) is 1. The predicted molar refractivity (Wildman–Crippen MR) is 129 cm³/mol. The number of fused-ring (bicyclic) bond motifs is 1. The summed E-state index contributed by atoms with van der Waals surface area (Å²) in [7, 11) is 0. The molecule has 0 unspecified atom stereocenters. The van der Waals surface area contributed by atoms with Crippen molar-refractivity contribution in [2.24, 2.45) is 0 Å². The van der Waals surface area contributed by atoms with E-state index in [1.807, 2.05) is 62.4 Å². The topological polar surface area (TPSA) is 58.6 Å². The van der Waals surface area contributed by atoms with E-state index in [1.54, 1.807) is 18.2 Å². The molecule has 31 heavy (non-hydrogen) atoms. The van der Waals surface area contributed by atoms with Crippen molar-refractivity contribution in [2.45, 2.75) is 13.8 Å². The summed E-state index contributed by atoms with van der Waals surface area (Å²) in [6.45, 7) is 4.26. The van der Waals surface area contributed by atoms with E-state index in [4.69, 9.17) is 17.0 Å². The van der Waals surface area contributed by atoms with Gasteiger partial charge in [0, 0.05) is 11.1 Å². The highest BCUT2D eigenvalue weighted by atomic mass is 32.2. The molecular formula is C24H20N2O3S2. The van der Waals surface area contributed by atoms with Gasteiger partial charge < -0.3 is 4.74 Å². The van der Waals surface area contributed by atoms with Crippen LogP contribution in [0.4, 0.5) is 0 Å². The summed E-state index contributed by atoms with van der Waals surface area (Å²) in [5.74, 6) is -0.0569. The average Bonchev–Trinajstić information content (AvgIpc) is 3.03. The summed E-state index contributed by atoms with van der Waals surface area (Å²) in [5.41, 5.74) is 4.76. The third kappa shape index (κ3) is 4.19. The van der Waals surface area contributed by atoms with Gasteiger partial charge >= 0.3 is 0 Å². The second-order valence-electron chi connectivity index (χ2n) is 6.90. The monoisotopic (exact) mass is 448 g/mol. The Bertz CT molecular complexity index is 1240. The zero-order valence-electron chi connectivity index (χ0n) is 17.0. The molecule has 1 aliphatic rings. The molecule has 0 atom stereocenters. The first-order valence-corrected chi connectivity index (χ1v) is 11.0. The van der Waals surface area contributed by atoms with Gasteiger partial charge in [-0.1, -0.05) is 60.3 Å². The standard InChI is InChI=1S/C24H20N2O3S2/c1-3-29-20-13-12-16-9-5-7-11-18(16)19(20)14-21-23(28)26(24(30)31-21)25-22(27)17-10-6-4-8-15(17)2/h4-14H,3H2,1-2H3,(H,25,27)/b21-14+. The van der Waals surface area contributed by atoms with Crippen LogP contribution in [0.3, 0.4) is 0 Å². The molecular weight excluding hydrogens is 428 g/mol. The molecule has 5 nitrogen and oxygen atoms in total. The minimum absolute atomic E-state index is 0.274. The normalized spacial score (nSPS) is 15.0. The summed E-state index contributed by atoms with van der Waals surface area (Å²) in [4.78, 5) is 26.2. The molecule has 0 bridgehead atoms. The SMILES string of the molecule is CCOc1ccc2ccccc2c1/C=C1/SC(=S)N(NC(=O)c2ccccc2C)C1=O. The van der Waals surface area contributed by atoms with Crippen LogP contribution in [0.2, 0.25) is 0 Å². The van der Waals surface area contributed by atoms with Crippen molar-refractivity contribution in [1.29, 1.82) is 0 Å². The minimum Gasteiger partial charge on any atom is -0.493 e. The van der Waals surface area contributed by atoms with Crippen molar-refractivity contribution in [3.05, 3.63) is 82.3 Å². The molecule has 1 aliphatic heterocycles. The number of benzene rings is 3. The molecule has 4 rings (SSSR count). The number of hydrogen-bond donors (Lipinski definition) is 1. The number of thiocarbonyl (C=S) groups is 1. The Kier molecular flexibility index (Phi) is 6.06. The zero-order chi connectivity index (χ0) is 22.0. The molecule has 1 heterocycles. The highest BCUT2D eigenvalue weighted by Crippen LogP contribution is 2.36. The first-order chi connectivity index (χ1) is 15.0. The lowest BCUT2D eigenvalue weighted by Gasteiger charge is -2.16. The first kappa shape index (κ1) is 21.1. The summed E-state index contributed by atoms with van der Waals surface area (Å²) in [5, 5.41) is 3.15. The van der Waals surface area contributed by atoms with Crippen LogP contribution in [-0.2, 0) is 4.79 Å². The number of ether oxygens (including phenoxy) is 1. The molecule has 1 fully saturated rings. The van der Waals surface area contributed by atoms with E-state index in [-0.39, 0.29) is 16.1 Å². The molecule has 2 amide bonds. The fraction of sp³-hybridized carbons (Fsp3) is 0.125. The van der Waals surface area contributed by atoms with Crippen molar-refractivity contribution < 1.29 is 14.3 Å². The molecule has 0 aliphatic carbocycles. The van der Waals surface area contributed by atoms with Crippen LogP contribution in [0.1, 0.15) is 28.4 Å². The van der Waals surface area contributed by atoms with Gasteiger partial charge in [-0.05, 0) is 60.6 Å². The lowest BCUT2D eigenvalue weighted by molar-refractivity contribution is -0.123. The number of hydrogen-bond acceptors (Lipinski definition) is 5. The van der Waals surface area contributed by atoms with Gasteiger partial charge in [0.2, 0.25) is 0 Å². The van der Waals surface area contributed by atoms with Crippen LogP contribution >= 0.6 is 24.0 Å². The fourth-order valence-electron chi connectivity index (χ4n) is 3.39. The molecule has 156 valence electrons. The molecule has 1 saturated heterocycles. The van der Waals surface area contributed by atoms with Crippen molar-refractivity contribution in [2.75, 3.05) is 6.61 Å². The van der Waals surface area contributed by atoms with Crippen LogP contribution < -0.4 is 10.2 Å². The van der Waals surface area contributed by atoms with Gasteiger partial charge in [-0.2, -0.15) is 5.01 Å². The number of amides is 2. The lowest BCUT2D eigenvalue weighted by Crippen LogP contribution is -2.45. The quantitative estimate of drug-likeness (QED) is 0.435. The van der Waals surface area contributed by atoms with E-state index in [0.29, 0.717) is 22.8 Å². The van der Waals surface area contributed by atoms with E-state index in [2.05, 4.69) is 5.43 Å². The van der Waals surface area contributed by atoms with Crippen molar-refractivity contribution in [3.8, 4) is 5.75 Å². The van der Waals surface area contributed by atoms with Crippen molar-refractivity contribution in [3.63, 3.8) is 0 Å². The van der Waals surface area contributed by atoms with Gasteiger partial charge in [0.1, 0.15) is 5.75 Å².